The van der Waals surface area contributed by atoms with E-state index in [1.54, 1.807) is 6.07 Å². The van der Waals surface area contributed by atoms with Gasteiger partial charge in [0.25, 0.3) is 5.91 Å². The molecular formula is C25H35N3O2. The van der Waals surface area contributed by atoms with Crippen LogP contribution >= 0.6 is 0 Å². The number of likely N-dealkylation sites (N-methyl/N-ethyl adjacent to an activating group) is 1. The topological polar surface area (TPSA) is 45.6 Å². The number of piperidine rings is 1. The maximum atomic E-state index is 13.5. The van der Waals surface area contributed by atoms with Crippen molar-refractivity contribution in [2.24, 2.45) is 5.92 Å². The first kappa shape index (κ1) is 22.3. The van der Waals surface area contributed by atoms with E-state index in [-0.39, 0.29) is 11.3 Å². The number of benzene rings is 1. The van der Waals surface area contributed by atoms with Gasteiger partial charge in [-0.1, -0.05) is 37.3 Å². The number of carbonyl (C=O) groups excluding carboxylic acids is 1. The normalized spacial score (nSPS) is 16.8. The molecule has 30 heavy (non-hydrogen) atoms. The van der Waals surface area contributed by atoms with Gasteiger partial charge >= 0.3 is 0 Å². The maximum absolute atomic E-state index is 13.5. The molecule has 0 N–H and O–H groups in total. The zero-order valence-electron chi connectivity index (χ0n) is 18.9. The number of aryl methyl sites for hydroxylation is 2. The Balaban J connectivity index is 2.00. The van der Waals surface area contributed by atoms with Crippen LogP contribution in [0, 0.1) is 12.8 Å². The van der Waals surface area contributed by atoms with E-state index >= 15 is 0 Å². The first-order valence-electron chi connectivity index (χ1n) is 11.1. The average Bonchev–Trinajstić information content (AvgIpc) is 2.71. The van der Waals surface area contributed by atoms with Gasteiger partial charge in [0.15, 0.2) is 5.43 Å². The Labute approximate surface area is 180 Å². The van der Waals surface area contributed by atoms with Gasteiger partial charge in [-0.25, -0.2) is 0 Å². The van der Waals surface area contributed by atoms with Gasteiger partial charge in [-0.2, -0.15) is 0 Å². The molecular weight excluding hydrogens is 374 g/mol. The predicted molar refractivity (Wildman–Crippen MR) is 122 cm³/mol. The third-order valence-corrected chi connectivity index (χ3v) is 6.05. The molecule has 2 heterocycles. The molecule has 2 aromatic rings. The summed E-state index contributed by atoms with van der Waals surface area (Å²) in [5, 5.41) is 0. The minimum absolute atomic E-state index is 0.0896. The molecule has 0 unspecified atom stereocenters. The van der Waals surface area contributed by atoms with Crippen molar-refractivity contribution in [1.82, 2.24) is 14.4 Å². The lowest BCUT2D eigenvalue weighted by Crippen LogP contribution is -2.42. The Morgan fingerprint density at radius 3 is 2.57 bits per heavy atom. The molecule has 1 amide bonds. The second-order valence-electron chi connectivity index (χ2n) is 8.91. The fraction of sp³-hybridized carbons (Fsp3) is 0.520. The molecule has 3 rings (SSSR count). The van der Waals surface area contributed by atoms with E-state index in [1.165, 1.54) is 5.56 Å². The van der Waals surface area contributed by atoms with Crippen molar-refractivity contribution >= 4 is 5.91 Å². The van der Waals surface area contributed by atoms with Crippen LogP contribution in [0.25, 0.3) is 0 Å². The molecule has 0 spiro atoms. The molecule has 1 fully saturated rings. The molecule has 5 heteroatoms. The van der Waals surface area contributed by atoms with Crippen LogP contribution < -0.4 is 5.43 Å². The van der Waals surface area contributed by atoms with Crippen LogP contribution in [0.3, 0.4) is 0 Å². The standard InChI is InChI=1S/C25H35N3O2/c1-19-9-8-14-27(18-19)25(30)24-22(13-12-21-10-6-5-7-11-21)28(16-15-26(3)4)20(2)17-23(24)29/h5-7,10-11,17,19H,8-9,12-16,18H2,1-4H3/t19-/m0/s1. The molecule has 1 aromatic heterocycles. The number of hydrogen-bond donors (Lipinski definition) is 0. The number of likely N-dealkylation sites (tertiary alicyclic amines) is 1. The fourth-order valence-electron chi connectivity index (χ4n) is 4.37. The van der Waals surface area contributed by atoms with Crippen molar-refractivity contribution in [3.05, 3.63) is 69.1 Å². The van der Waals surface area contributed by atoms with Crippen molar-refractivity contribution in [3.8, 4) is 0 Å². The molecule has 162 valence electrons. The van der Waals surface area contributed by atoms with Crippen LogP contribution in [0.15, 0.2) is 41.2 Å². The quantitative estimate of drug-likeness (QED) is 0.704. The number of carbonyl (C=O) groups is 1. The van der Waals surface area contributed by atoms with Crippen molar-refractivity contribution in [2.75, 3.05) is 33.7 Å². The van der Waals surface area contributed by atoms with E-state index in [2.05, 4.69) is 28.5 Å². The van der Waals surface area contributed by atoms with E-state index in [4.69, 9.17) is 0 Å². The molecule has 0 saturated carbocycles. The summed E-state index contributed by atoms with van der Waals surface area (Å²) in [6.45, 7) is 7.26. The summed E-state index contributed by atoms with van der Waals surface area (Å²) in [6.07, 6.45) is 3.64. The molecule has 1 saturated heterocycles. The largest absolute Gasteiger partial charge is 0.347 e. The SMILES string of the molecule is Cc1cc(=O)c(C(=O)N2CCC[C@H](C)C2)c(CCc2ccccc2)n1CCN(C)C. The number of aromatic nitrogens is 1. The molecule has 1 aromatic carbocycles. The third kappa shape index (κ3) is 5.39. The Kier molecular flexibility index (Phi) is 7.48. The Hall–Kier alpha value is -2.40. The van der Waals surface area contributed by atoms with Crippen LogP contribution in [-0.4, -0.2) is 54.0 Å². The summed E-state index contributed by atoms with van der Waals surface area (Å²) in [7, 11) is 4.09. The van der Waals surface area contributed by atoms with Crippen LogP contribution in [0.2, 0.25) is 0 Å². The third-order valence-electron chi connectivity index (χ3n) is 6.05. The number of pyridine rings is 1. The van der Waals surface area contributed by atoms with E-state index in [9.17, 15) is 9.59 Å². The van der Waals surface area contributed by atoms with Gasteiger partial charge in [-0.15, -0.1) is 0 Å². The highest BCUT2D eigenvalue weighted by Gasteiger charge is 2.27. The van der Waals surface area contributed by atoms with Gasteiger partial charge in [0.1, 0.15) is 5.56 Å². The van der Waals surface area contributed by atoms with Gasteiger partial charge in [-0.05, 0) is 58.2 Å². The number of rotatable bonds is 7. The van der Waals surface area contributed by atoms with Crippen molar-refractivity contribution in [2.45, 2.75) is 46.1 Å². The van der Waals surface area contributed by atoms with E-state index in [0.717, 1.165) is 56.8 Å². The van der Waals surface area contributed by atoms with E-state index in [1.807, 2.05) is 44.1 Å². The van der Waals surface area contributed by atoms with Crippen LogP contribution in [0.5, 0.6) is 0 Å². The smallest absolute Gasteiger partial charge is 0.259 e. The van der Waals surface area contributed by atoms with Crippen LogP contribution in [-0.2, 0) is 19.4 Å². The van der Waals surface area contributed by atoms with Gasteiger partial charge in [-0.3, -0.25) is 9.59 Å². The molecule has 0 radical (unpaired) electrons. The minimum atomic E-state index is -0.139. The summed E-state index contributed by atoms with van der Waals surface area (Å²) < 4.78 is 2.19. The van der Waals surface area contributed by atoms with Crippen LogP contribution in [0.1, 0.15) is 47.1 Å². The number of nitrogens with zero attached hydrogens (tertiary/aromatic N) is 3. The van der Waals surface area contributed by atoms with Crippen molar-refractivity contribution in [3.63, 3.8) is 0 Å². The van der Waals surface area contributed by atoms with Crippen molar-refractivity contribution < 1.29 is 4.79 Å². The molecule has 1 aliphatic rings. The fourth-order valence-corrected chi connectivity index (χ4v) is 4.37. The molecule has 1 atom stereocenters. The monoisotopic (exact) mass is 409 g/mol. The maximum Gasteiger partial charge on any atom is 0.259 e. The van der Waals surface area contributed by atoms with Crippen LogP contribution in [0.4, 0.5) is 0 Å². The summed E-state index contributed by atoms with van der Waals surface area (Å²) in [6, 6.07) is 11.9. The number of amides is 1. The van der Waals surface area contributed by atoms with Gasteiger partial charge in [0.05, 0.1) is 0 Å². The summed E-state index contributed by atoms with van der Waals surface area (Å²) in [5.41, 5.74) is 3.27. The first-order chi connectivity index (χ1) is 14.4. The highest BCUT2D eigenvalue weighted by Crippen LogP contribution is 2.20. The van der Waals surface area contributed by atoms with Gasteiger partial charge < -0.3 is 14.4 Å². The van der Waals surface area contributed by atoms with E-state index in [0.29, 0.717) is 17.9 Å². The Morgan fingerprint density at radius 1 is 1.17 bits per heavy atom. The average molecular weight is 410 g/mol. The molecule has 1 aliphatic heterocycles. The second-order valence-corrected chi connectivity index (χ2v) is 8.91. The lowest BCUT2D eigenvalue weighted by Gasteiger charge is -2.32. The number of hydrogen-bond acceptors (Lipinski definition) is 3. The zero-order chi connectivity index (χ0) is 21.7. The summed E-state index contributed by atoms with van der Waals surface area (Å²) in [4.78, 5) is 30.6. The minimum Gasteiger partial charge on any atom is -0.347 e. The lowest BCUT2D eigenvalue weighted by atomic mass is 9.97. The first-order valence-corrected chi connectivity index (χ1v) is 11.1. The highest BCUT2D eigenvalue weighted by molar-refractivity contribution is 5.95. The molecule has 0 aliphatic carbocycles. The summed E-state index contributed by atoms with van der Waals surface area (Å²) >= 11 is 0. The molecule has 5 nitrogen and oxygen atoms in total. The Bertz CT molecular complexity index is 918. The molecule has 0 bridgehead atoms. The predicted octanol–water partition coefficient (Wildman–Crippen LogP) is 3.38. The van der Waals surface area contributed by atoms with Gasteiger partial charge in [0.2, 0.25) is 0 Å². The summed E-state index contributed by atoms with van der Waals surface area (Å²) in [5.74, 6) is 0.394. The highest BCUT2D eigenvalue weighted by atomic mass is 16.2. The van der Waals surface area contributed by atoms with Gasteiger partial charge in [0, 0.05) is 43.6 Å². The second kappa shape index (κ2) is 10.1. The van der Waals surface area contributed by atoms with E-state index < -0.39 is 0 Å². The van der Waals surface area contributed by atoms with Crippen molar-refractivity contribution in [1.29, 1.82) is 0 Å². The zero-order valence-corrected chi connectivity index (χ0v) is 18.9. The lowest BCUT2D eigenvalue weighted by molar-refractivity contribution is 0.0679. The Morgan fingerprint density at radius 2 is 1.90 bits per heavy atom.